The van der Waals surface area contributed by atoms with Gasteiger partial charge in [0, 0.05) is 5.69 Å². The van der Waals surface area contributed by atoms with E-state index in [0.29, 0.717) is 5.76 Å². The summed E-state index contributed by atoms with van der Waals surface area (Å²) in [5, 5.41) is 4.79. The maximum Gasteiger partial charge on any atom is 0.416 e. The van der Waals surface area contributed by atoms with Crippen LogP contribution in [0.4, 0.5) is 18.9 Å². The summed E-state index contributed by atoms with van der Waals surface area (Å²) >= 11 is 0. The molecule has 2 amide bonds. The minimum Gasteiger partial charge on any atom is -0.467 e. The molecule has 0 atom stereocenters. The third-order valence-corrected chi connectivity index (χ3v) is 2.98. The minimum atomic E-state index is -4.50. The minimum absolute atomic E-state index is 0.00861. The average molecular weight is 356 g/mol. The van der Waals surface area contributed by atoms with Crippen LogP contribution in [-0.2, 0) is 27.0 Å². The van der Waals surface area contributed by atoms with Crippen molar-refractivity contribution in [1.82, 2.24) is 5.32 Å². The summed E-state index contributed by atoms with van der Waals surface area (Å²) in [4.78, 5) is 23.1. The van der Waals surface area contributed by atoms with Crippen molar-refractivity contribution < 1.29 is 31.9 Å². The molecule has 0 unspecified atom stereocenters. The van der Waals surface area contributed by atoms with Gasteiger partial charge in [-0.05, 0) is 30.3 Å². The number of alkyl halides is 3. The van der Waals surface area contributed by atoms with Crippen molar-refractivity contribution in [1.29, 1.82) is 0 Å². The van der Waals surface area contributed by atoms with E-state index in [-0.39, 0.29) is 18.8 Å². The number of benzene rings is 1. The average Bonchev–Trinajstić information content (AvgIpc) is 3.06. The number of hydrogen-bond acceptors (Lipinski definition) is 4. The smallest absolute Gasteiger partial charge is 0.416 e. The molecular weight excluding hydrogens is 341 g/mol. The van der Waals surface area contributed by atoms with Crippen molar-refractivity contribution >= 4 is 17.5 Å². The molecule has 2 aromatic rings. The molecule has 0 saturated carbocycles. The molecule has 0 radical (unpaired) electrons. The van der Waals surface area contributed by atoms with Crippen LogP contribution < -0.4 is 10.6 Å². The van der Waals surface area contributed by atoms with Gasteiger partial charge in [0.15, 0.2) is 0 Å². The first kappa shape index (κ1) is 18.5. The highest BCUT2D eigenvalue weighted by Crippen LogP contribution is 2.30. The van der Waals surface area contributed by atoms with Gasteiger partial charge in [0.2, 0.25) is 11.8 Å². The molecular formula is C16H15F3N2O4. The van der Waals surface area contributed by atoms with Crippen LogP contribution in [0.15, 0.2) is 47.1 Å². The van der Waals surface area contributed by atoms with E-state index in [1.807, 2.05) is 0 Å². The van der Waals surface area contributed by atoms with Gasteiger partial charge in [-0.3, -0.25) is 9.59 Å². The van der Waals surface area contributed by atoms with E-state index in [9.17, 15) is 22.8 Å². The molecule has 0 aliphatic carbocycles. The molecule has 1 aromatic carbocycles. The molecule has 0 aliphatic rings. The third-order valence-electron chi connectivity index (χ3n) is 2.98. The first-order valence-electron chi connectivity index (χ1n) is 7.18. The predicted octanol–water partition coefficient (Wildman–Crippen LogP) is 2.57. The standard InChI is InChI=1S/C16H15F3N2O4/c17-16(18,19)11-3-1-4-12(7-11)21-15(23)10-24-9-14(22)20-8-13-5-2-6-25-13/h1-7H,8-10H2,(H,20,22)(H,21,23). The lowest BCUT2D eigenvalue weighted by Crippen LogP contribution is -2.29. The highest BCUT2D eigenvalue weighted by Gasteiger charge is 2.30. The second kappa shape index (κ2) is 8.34. The number of carbonyl (C=O) groups is 2. The van der Waals surface area contributed by atoms with Crippen LogP contribution in [-0.4, -0.2) is 25.0 Å². The second-order valence-electron chi connectivity index (χ2n) is 4.98. The lowest BCUT2D eigenvalue weighted by Gasteiger charge is -2.10. The van der Waals surface area contributed by atoms with Crippen molar-refractivity contribution in [2.24, 2.45) is 0 Å². The first-order chi connectivity index (χ1) is 11.8. The molecule has 0 saturated heterocycles. The van der Waals surface area contributed by atoms with Crippen molar-refractivity contribution in [2.45, 2.75) is 12.7 Å². The summed E-state index contributed by atoms with van der Waals surface area (Å²) < 4.78 is 47.7. The van der Waals surface area contributed by atoms with Gasteiger partial charge < -0.3 is 19.8 Å². The Morgan fingerprint density at radius 3 is 2.52 bits per heavy atom. The van der Waals surface area contributed by atoms with E-state index in [1.165, 1.54) is 18.4 Å². The van der Waals surface area contributed by atoms with Gasteiger partial charge in [0.25, 0.3) is 0 Å². The van der Waals surface area contributed by atoms with Gasteiger partial charge in [-0.25, -0.2) is 0 Å². The Bertz CT molecular complexity index is 714. The summed E-state index contributed by atoms with van der Waals surface area (Å²) in [5.41, 5.74) is -0.880. The number of ether oxygens (including phenoxy) is 1. The van der Waals surface area contributed by atoms with Crippen molar-refractivity contribution in [3.8, 4) is 0 Å². The first-order valence-corrected chi connectivity index (χ1v) is 7.18. The second-order valence-corrected chi connectivity index (χ2v) is 4.98. The lowest BCUT2D eigenvalue weighted by molar-refractivity contribution is -0.137. The lowest BCUT2D eigenvalue weighted by atomic mass is 10.2. The molecule has 1 aromatic heterocycles. The van der Waals surface area contributed by atoms with Gasteiger partial charge in [-0.2, -0.15) is 13.2 Å². The number of nitrogens with one attached hydrogen (secondary N) is 2. The number of furan rings is 1. The summed E-state index contributed by atoms with van der Waals surface area (Å²) in [6, 6.07) is 7.58. The molecule has 2 N–H and O–H groups in total. The van der Waals surface area contributed by atoms with E-state index < -0.39 is 30.2 Å². The van der Waals surface area contributed by atoms with Crippen LogP contribution in [0.2, 0.25) is 0 Å². The molecule has 25 heavy (non-hydrogen) atoms. The fraction of sp³-hybridized carbons (Fsp3) is 0.250. The van der Waals surface area contributed by atoms with Gasteiger partial charge in [0.1, 0.15) is 19.0 Å². The molecule has 0 fully saturated rings. The molecule has 0 bridgehead atoms. The van der Waals surface area contributed by atoms with Gasteiger partial charge in [-0.1, -0.05) is 6.07 Å². The van der Waals surface area contributed by atoms with E-state index in [4.69, 9.17) is 9.15 Å². The van der Waals surface area contributed by atoms with E-state index in [0.717, 1.165) is 12.1 Å². The maximum atomic E-state index is 12.6. The molecule has 0 aliphatic heterocycles. The highest BCUT2D eigenvalue weighted by molar-refractivity contribution is 5.92. The fourth-order valence-corrected chi connectivity index (χ4v) is 1.86. The normalized spacial score (nSPS) is 11.2. The predicted molar refractivity (Wildman–Crippen MR) is 81.4 cm³/mol. The van der Waals surface area contributed by atoms with Crippen LogP contribution in [0.25, 0.3) is 0 Å². The SMILES string of the molecule is O=C(COCC(=O)Nc1cccc(C(F)(F)F)c1)NCc1ccco1. The Morgan fingerprint density at radius 2 is 1.84 bits per heavy atom. The number of carbonyl (C=O) groups excluding carboxylic acids is 2. The van der Waals surface area contributed by atoms with E-state index >= 15 is 0 Å². The van der Waals surface area contributed by atoms with Crippen molar-refractivity contribution in [3.05, 3.63) is 54.0 Å². The van der Waals surface area contributed by atoms with Gasteiger partial charge in [-0.15, -0.1) is 0 Å². The zero-order valence-corrected chi connectivity index (χ0v) is 12.9. The Labute approximate surface area is 141 Å². The van der Waals surface area contributed by atoms with Crippen LogP contribution in [0, 0.1) is 0 Å². The number of anilines is 1. The largest absolute Gasteiger partial charge is 0.467 e. The highest BCUT2D eigenvalue weighted by atomic mass is 19.4. The summed E-state index contributed by atoms with van der Waals surface area (Å²) in [7, 11) is 0. The maximum absolute atomic E-state index is 12.6. The summed E-state index contributed by atoms with van der Waals surface area (Å²) in [6.45, 7) is -0.646. The molecule has 1 heterocycles. The number of rotatable bonds is 7. The molecule has 134 valence electrons. The zero-order chi connectivity index (χ0) is 18.3. The summed E-state index contributed by atoms with van der Waals surface area (Å²) in [5.74, 6) is -0.558. The van der Waals surface area contributed by atoms with Crippen LogP contribution in [0.5, 0.6) is 0 Å². The monoisotopic (exact) mass is 356 g/mol. The van der Waals surface area contributed by atoms with E-state index in [1.54, 1.807) is 12.1 Å². The number of halogens is 3. The molecule has 0 spiro atoms. The topological polar surface area (TPSA) is 80.6 Å². The van der Waals surface area contributed by atoms with Crippen molar-refractivity contribution in [3.63, 3.8) is 0 Å². The van der Waals surface area contributed by atoms with Gasteiger partial charge in [0.05, 0.1) is 18.4 Å². The molecule has 6 nitrogen and oxygen atoms in total. The quantitative estimate of drug-likeness (QED) is 0.799. The van der Waals surface area contributed by atoms with Crippen molar-refractivity contribution in [2.75, 3.05) is 18.5 Å². The van der Waals surface area contributed by atoms with E-state index in [2.05, 4.69) is 10.6 Å². The van der Waals surface area contributed by atoms with Gasteiger partial charge >= 0.3 is 6.18 Å². The molecule has 9 heteroatoms. The third kappa shape index (κ3) is 6.30. The fourth-order valence-electron chi connectivity index (χ4n) is 1.86. The zero-order valence-electron chi connectivity index (χ0n) is 12.9. The Hall–Kier alpha value is -2.81. The van der Waals surface area contributed by atoms with Crippen LogP contribution in [0.3, 0.4) is 0 Å². The molecule has 2 rings (SSSR count). The Balaban J connectivity index is 1.71. The number of hydrogen-bond donors (Lipinski definition) is 2. The Kier molecular flexibility index (Phi) is 6.18. The van der Waals surface area contributed by atoms with Crippen LogP contribution >= 0.6 is 0 Å². The summed E-state index contributed by atoms with van der Waals surface area (Å²) in [6.07, 6.45) is -3.03. The number of amides is 2. The van der Waals surface area contributed by atoms with Crippen LogP contribution in [0.1, 0.15) is 11.3 Å². The Morgan fingerprint density at radius 1 is 1.08 bits per heavy atom.